The van der Waals surface area contributed by atoms with Crippen molar-refractivity contribution in [1.29, 1.82) is 0 Å². The fourth-order valence-corrected chi connectivity index (χ4v) is 2.57. The Bertz CT molecular complexity index is 736. The molecule has 1 aliphatic rings. The van der Waals surface area contributed by atoms with Crippen molar-refractivity contribution in [1.82, 2.24) is 0 Å². The van der Waals surface area contributed by atoms with Gasteiger partial charge in [-0.1, -0.05) is 18.2 Å². The zero-order valence-corrected chi connectivity index (χ0v) is 14.3. The van der Waals surface area contributed by atoms with E-state index < -0.39 is 30.1 Å². The molecule has 26 heavy (non-hydrogen) atoms. The molecule has 1 heterocycles. The third-order valence-electron chi connectivity index (χ3n) is 3.98. The largest absolute Gasteiger partial charge is 0.507 e. The van der Waals surface area contributed by atoms with Crippen molar-refractivity contribution in [2.45, 2.75) is 44.7 Å². The number of hydrogen-bond acceptors (Lipinski definition) is 7. The minimum absolute atomic E-state index is 0.0459. The molecule has 0 spiro atoms. The number of hydrogen-bond donors (Lipinski definition) is 4. The number of cyclic esters (lactones) is 1. The number of benzene rings is 1. The summed E-state index contributed by atoms with van der Waals surface area (Å²) in [5.74, 6) is -1.70. The van der Waals surface area contributed by atoms with Gasteiger partial charge in [-0.2, -0.15) is 0 Å². The number of phenolic OH excluding ortho intramolecular Hbond substituents is 1. The SMILES string of the molecule is C[C@H]1C/C=C\C(=O)[C@@H](O)[C@@H](O)C/C=C/c2cc(CO)cc(O)c2C(=O)O1. The summed E-state index contributed by atoms with van der Waals surface area (Å²) in [6.07, 6.45) is 2.25. The van der Waals surface area contributed by atoms with Crippen LogP contribution in [-0.4, -0.2) is 50.5 Å². The lowest BCUT2D eigenvalue weighted by molar-refractivity contribution is -0.127. The molecule has 0 saturated heterocycles. The number of rotatable bonds is 1. The van der Waals surface area contributed by atoms with E-state index in [9.17, 15) is 30.0 Å². The van der Waals surface area contributed by atoms with Gasteiger partial charge in [0.25, 0.3) is 0 Å². The van der Waals surface area contributed by atoms with E-state index in [1.165, 1.54) is 30.4 Å². The van der Waals surface area contributed by atoms with Crippen LogP contribution in [0.15, 0.2) is 30.4 Å². The number of carbonyl (C=O) groups is 2. The van der Waals surface area contributed by atoms with Crippen LogP contribution < -0.4 is 0 Å². The maximum atomic E-state index is 12.4. The molecule has 1 aromatic rings. The summed E-state index contributed by atoms with van der Waals surface area (Å²) in [6.45, 7) is 1.29. The maximum absolute atomic E-state index is 12.4. The van der Waals surface area contributed by atoms with Crippen molar-refractivity contribution in [2.24, 2.45) is 0 Å². The van der Waals surface area contributed by atoms with Gasteiger partial charge in [-0.15, -0.1) is 0 Å². The second-order valence-electron chi connectivity index (χ2n) is 6.14. The molecular formula is C19H22O7. The molecule has 7 nitrogen and oxygen atoms in total. The van der Waals surface area contributed by atoms with Gasteiger partial charge in [-0.3, -0.25) is 4.79 Å². The Kier molecular flexibility index (Phi) is 6.68. The first-order valence-electron chi connectivity index (χ1n) is 8.24. The third-order valence-corrected chi connectivity index (χ3v) is 3.98. The topological polar surface area (TPSA) is 124 Å². The maximum Gasteiger partial charge on any atom is 0.342 e. The van der Waals surface area contributed by atoms with Crippen LogP contribution in [0.3, 0.4) is 0 Å². The summed E-state index contributed by atoms with van der Waals surface area (Å²) in [4.78, 5) is 24.2. The van der Waals surface area contributed by atoms with Gasteiger partial charge in [0.1, 0.15) is 23.5 Å². The van der Waals surface area contributed by atoms with Crippen LogP contribution >= 0.6 is 0 Å². The number of ether oxygens (including phenoxy) is 1. The first-order valence-corrected chi connectivity index (χ1v) is 8.24. The van der Waals surface area contributed by atoms with Crippen LogP contribution in [0.1, 0.15) is 41.3 Å². The molecule has 0 fully saturated rings. The number of ketones is 1. The Balaban J connectivity index is 2.45. The molecule has 1 aliphatic heterocycles. The molecule has 2 rings (SSSR count). The van der Waals surface area contributed by atoms with Crippen molar-refractivity contribution in [3.8, 4) is 5.75 Å². The molecule has 1 aromatic carbocycles. The number of aliphatic hydroxyl groups excluding tert-OH is 3. The van der Waals surface area contributed by atoms with E-state index in [4.69, 9.17) is 4.74 Å². The lowest BCUT2D eigenvalue weighted by Gasteiger charge is -2.16. The number of aliphatic hydroxyl groups is 3. The molecule has 0 bridgehead atoms. The first-order chi connectivity index (χ1) is 12.3. The van der Waals surface area contributed by atoms with Crippen molar-refractivity contribution in [2.75, 3.05) is 0 Å². The second kappa shape index (κ2) is 8.75. The normalized spacial score (nSPS) is 27.2. The molecule has 4 N–H and O–H groups in total. The van der Waals surface area contributed by atoms with Gasteiger partial charge < -0.3 is 25.2 Å². The van der Waals surface area contributed by atoms with E-state index in [1.54, 1.807) is 6.92 Å². The highest BCUT2D eigenvalue weighted by Crippen LogP contribution is 2.27. The van der Waals surface area contributed by atoms with E-state index in [-0.39, 0.29) is 30.8 Å². The van der Waals surface area contributed by atoms with Gasteiger partial charge >= 0.3 is 5.97 Å². The quantitative estimate of drug-likeness (QED) is 0.551. The standard InChI is InChI=1S/C19H22O7/c1-11-4-2-6-14(21)18(24)15(22)7-3-5-13-8-12(10-20)9-16(23)17(13)19(25)26-11/h2-3,5-6,8-9,11,15,18,20,22-24H,4,7,10H2,1H3/b5-3+,6-2-/t11-,15-,18+/m0/s1. The molecular weight excluding hydrogens is 340 g/mol. The van der Waals surface area contributed by atoms with Crippen molar-refractivity contribution >= 4 is 17.8 Å². The van der Waals surface area contributed by atoms with Crippen LogP contribution in [0.25, 0.3) is 6.08 Å². The summed E-state index contributed by atoms with van der Waals surface area (Å²) < 4.78 is 5.29. The molecule has 0 saturated carbocycles. The number of phenols is 1. The lowest BCUT2D eigenvalue weighted by atomic mass is 10.00. The zero-order chi connectivity index (χ0) is 19.3. The van der Waals surface area contributed by atoms with E-state index >= 15 is 0 Å². The fraction of sp³-hybridized carbons (Fsp3) is 0.368. The van der Waals surface area contributed by atoms with E-state index in [0.29, 0.717) is 11.1 Å². The van der Waals surface area contributed by atoms with E-state index in [0.717, 1.165) is 6.08 Å². The molecule has 0 aromatic heterocycles. The monoisotopic (exact) mass is 362 g/mol. The molecule has 0 amide bonds. The smallest absolute Gasteiger partial charge is 0.342 e. The van der Waals surface area contributed by atoms with Crippen molar-refractivity contribution in [3.63, 3.8) is 0 Å². The predicted octanol–water partition coefficient (Wildman–Crippen LogP) is 1.08. The fourth-order valence-electron chi connectivity index (χ4n) is 2.57. The number of aromatic hydroxyl groups is 1. The lowest BCUT2D eigenvalue weighted by Crippen LogP contribution is -2.32. The van der Waals surface area contributed by atoms with Crippen molar-refractivity contribution in [3.05, 3.63) is 47.1 Å². The Morgan fingerprint density at radius 2 is 1.81 bits per heavy atom. The second-order valence-corrected chi connectivity index (χ2v) is 6.14. The average molecular weight is 362 g/mol. The summed E-state index contributed by atoms with van der Waals surface area (Å²) in [5, 5.41) is 39.2. The Morgan fingerprint density at radius 3 is 2.50 bits per heavy atom. The van der Waals surface area contributed by atoms with Gasteiger partial charge in [0.05, 0.1) is 12.7 Å². The molecule has 140 valence electrons. The molecule has 0 aliphatic carbocycles. The van der Waals surface area contributed by atoms with Crippen molar-refractivity contribution < 1.29 is 34.8 Å². The summed E-state index contributed by atoms with van der Waals surface area (Å²) in [6, 6.07) is 2.79. The van der Waals surface area contributed by atoms with Gasteiger partial charge in [0.2, 0.25) is 0 Å². The summed E-state index contributed by atoms with van der Waals surface area (Å²) in [5.41, 5.74) is 0.635. The highest BCUT2D eigenvalue weighted by atomic mass is 16.5. The molecule has 7 heteroatoms. The summed E-state index contributed by atoms with van der Waals surface area (Å²) >= 11 is 0. The Morgan fingerprint density at radius 1 is 1.12 bits per heavy atom. The number of esters is 1. The van der Waals surface area contributed by atoms with Gasteiger partial charge in [-0.05, 0) is 42.7 Å². The van der Waals surface area contributed by atoms with Crippen LogP contribution in [0.5, 0.6) is 5.75 Å². The molecule has 0 radical (unpaired) electrons. The average Bonchev–Trinajstić information content (AvgIpc) is 2.59. The number of carbonyl (C=O) groups excluding carboxylic acids is 2. The zero-order valence-electron chi connectivity index (χ0n) is 14.3. The Hall–Kier alpha value is -2.48. The molecule has 0 unspecified atom stereocenters. The van der Waals surface area contributed by atoms with Crippen LogP contribution in [0.4, 0.5) is 0 Å². The van der Waals surface area contributed by atoms with Crippen LogP contribution in [-0.2, 0) is 16.1 Å². The number of fused-ring (bicyclic) bond motifs is 1. The predicted molar refractivity (Wildman–Crippen MR) is 93.3 cm³/mol. The highest BCUT2D eigenvalue weighted by Gasteiger charge is 2.23. The van der Waals surface area contributed by atoms with Crippen LogP contribution in [0.2, 0.25) is 0 Å². The van der Waals surface area contributed by atoms with Crippen LogP contribution in [0, 0.1) is 0 Å². The summed E-state index contributed by atoms with van der Waals surface area (Å²) in [7, 11) is 0. The third kappa shape index (κ3) is 4.78. The van der Waals surface area contributed by atoms with E-state index in [2.05, 4.69) is 0 Å². The first kappa shape index (κ1) is 19.8. The highest BCUT2D eigenvalue weighted by molar-refractivity contribution is 5.97. The van der Waals surface area contributed by atoms with Gasteiger partial charge in [-0.25, -0.2) is 4.79 Å². The molecule has 3 atom stereocenters. The van der Waals surface area contributed by atoms with Gasteiger partial charge in [0.15, 0.2) is 5.78 Å². The minimum atomic E-state index is -1.56. The Labute approximate surface area is 150 Å². The van der Waals surface area contributed by atoms with E-state index in [1.807, 2.05) is 0 Å². The minimum Gasteiger partial charge on any atom is -0.507 e. The van der Waals surface area contributed by atoms with Gasteiger partial charge in [0, 0.05) is 6.42 Å².